The first-order valence-corrected chi connectivity index (χ1v) is 44.4. The summed E-state index contributed by atoms with van der Waals surface area (Å²) in [6, 6.07) is 96.5. The maximum atomic E-state index is 14.4. The number of ketones is 1. The molecule has 0 amide bonds. The number of carbonyl (C=O) groups excluding carboxylic acids is 1. The van der Waals surface area contributed by atoms with Crippen LogP contribution in [0.15, 0.2) is 317 Å². The molecular formula is C84H86F8NO11S6+. The average molecular weight is 1630 g/mol. The van der Waals surface area contributed by atoms with Crippen molar-refractivity contribution < 1.29 is 83.8 Å². The van der Waals surface area contributed by atoms with E-state index in [0.717, 1.165) is 38.5 Å². The minimum absolute atomic E-state index is 0.00193. The van der Waals surface area contributed by atoms with Gasteiger partial charge in [0.25, 0.3) is 21.9 Å². The number of Topliss-reactive ketones (excluding diaryl/α,β-unsaturated/α-hetero) is 1. The van der Waals surface area contributed by atoms with Crippen LogP contribution >= 0.6 is 0 Å². The number of carbonyl (C=O) groups is 1. The van der Waals surface area contributed by atoms with Gasteiger partial charge in [0.1, 0.15) is 27.8 Å². The Kier molecular flexibility index (Phi) is 26.7. The van der Waals surface area contributed by atoms with Crippen LogP contribution < -0.4 is 4.72 Å². The van der Waals surface area contributed by atoms with Crippen molar-refractivity contribution in [3.05, 3.63) is 273 Å². The molecule has 2 saturated heterocycles. The Hall–Kier alpha value is -7.21. The Bertz CT molecular complexity index is 4230. The highest BCUT2D eigenvalue weighted by atomic mass is 32.2. The standard InChI is InChI=1S/3C18H15S.C16H22F4O5S.C10H16O4S.C4H5F4NO2S/c3*1-4-10-16(11-5-1)19(17-12-6-2-7-13-17)18-14-8-3-9-15-18;17-14(18,8-26(21,22)23)7-15(19,20)13-6-24-16(25-13)11-2-9-1-10(4-11)5-12(16)3-9;1-9(2)7-3-4-10(9,8(11)5-7)6-15(12,13)14;5-3(6)1-2-9-12(10,11)4(3,7)8/h3*1-15H;9-13H,1-8H2,(H,21,22,23);7H,3-6H2,1-2H3,(H,12,13,14);9H,1-2H2/q3*+1;;;/p-2. The minimum atomic E-state index is -5.32. The molecule has 17 rings (SSSR count). The number of nitrogens with one attached hydrogen (secondary N) is 1. The van der Waals surface area contributed by atoms with E-state index in [1.165, 1.54) is 48.8 Å². The molecule has 3 unspecified atom stereocenters. The quantitative estimate of drug-likeness (QED) is 0.0549. The molecule has 584 valence electrons. The van der Waals surface area contributed by atoms with Gasteiger partial charge >= 0.3 is 11.2 Å². The topological polar surface area (TPSA) is 196 Å². The molecule has 9 aromatic carbocycles. The first-order chi connectivity index (χ1) is 52.1. The zero-order valence-electron chi connectivity index (χ0n) is 60.3. The molecule has 2 heterocycles. The van der Waals surface area contributed by atoms with Gasteiger partial charge in [-0.05, 0) is 177 Å². The number of benzene rings is 9. The predicted molar refractivity (Wildman–Crippen MR) is 409 cm³/mol. The maximum Gasteiger partial charge on any atom is 0.420 e. The van der Waals surface area contributed by atoms with Gasteiger partial charge in [-0.1, -0.05) is 178 Å². The predicted octanol–water partition coefficient (Wildman–Crippen LogP) is 18.6. The van der Waals surface area contributed by atoms with Crippen molar-refractivity contribution in [3.8, 4) is 0 Å². The van der Waals surface area contributed by atoms with Crippen molar-refractivity contribution in [2.24, 2.45) is 40.4 Å². The van der Waals surface area contributed by atoms with Gasteiger partial charge in [-0.25, -0.2) is 47.5 Å². The number of hydrogen-bond donors (Lipinski definition) is 1. The number of fused-ring (bicyclic) bond motifs is 2. The van der Waals surface area contributed by atoms with E-state index in [-0.39, 0.29) is 61.6 Å². The first kappa shape index (κ1) is 83.7. The molecule has 26 heteroatoms. The Morgan fingerprint density at radius 2 is 0.782 bits per heavy atom. The smallest absolute Gasteiger partial charge is 0.420 e. The largest absolute Gasteiger partial charge is 0.748 e. The number of alkyl halides is 8. The molecular weight excluding hydrogens is 1540 g/mol. The summed E-state index contributed by atoms with van der Waals surface area (Å²) in [4.78, 5) is 24.1. The average Bonchev–Trinajstić information content (AvgIpc) is 1.51. The van der Waals surface area contributed by atoms with Crippen LogP contribution in [0.25, 0.3) is 0 Å². The Balaban J connectivity index is 0.000000133. The third-order valence-corrected chi connectivity index (χ3v) is 31.2. The van der Waals surface area contributed by atoms with Gasteiger partial charge in [0.2, 0.25) is 0 Å². The fourth-order valence-electron chi connectivity index (χ4n) is 16.2. The van der Waals surface area contributed by atoms with Crippen molar-refractivity contribution >= 4 is 68.7 Å². The highest BCUT2D eigenvalue weighted by Gasteiger charge is 2.68. The SMILES string of the molecule is CC1(C)C2CCC1(CS(=O)(=O)[O-])C(=O)C2.O=S(=O)([O-])CC(F)(F)CC(F)(F)C1COC2(O1)C1CC3CC(C1)CC2C3.O=S1(=O)NCCC(F)(F)C1(F)F.c1ccc([S+](c2ccccc2)c2ccccc2)cc1.c1ccc([S+](c2ccccc2)c2ccccc2)cc1.c1ccc([S+](c2ccccc2)c2ccccc2)cc1. The lowest BCUT2D eigenvalue weighted by atomic mass is 9.53. The molecule has 1 N–H and O–H groups in total. The van der Waals surface area contributed by atoms with Crippen LogP contribution in [0.5, 0.6) is 0 Å². The Morgan fingerprint density at radius 1 is 0.473 bits per heavy atom. The van der Waals surface area contributed by atoms with E-state index in [9.17, 15) is 74.3 Å². The highest BCUT2D eigenvalue weighted by Crippen LogP contribution is 2.65. The van der Waals surface area contributed by atoms with Crippen molar-refractivity contribution in [2.75, 3.05) is 24.7 Å². The van der Waals surface area contributed by atoms with Gasteiger partial charge in [-0.2, -0.15) is 17.6 Å². The lowest BCUT2D eigenvalue weighted by molar-refractivity contribution is -0.307. The fourth-order valence-corrected chi connectivity index (χ4v) is 25.4. The number of rotatable bonds is 16. The lowest BCUT2D eigenvalue weighted by Gasteiger charge is -2.58. The first-order valence-electron chi connectivity index (χ1n) is 36.0. The number of ether oxygens (including phenoxy) is 2. The summed E-state index contributed by atoms with van der Waals surface area (Å²) in [6.07, 6.45) is 1.31. The van der Waals surface area contributed by atoms with E-state index >= 15 is 0 Å². The number of sulfonamides is 1. The molecule has 9 aromatic rings. The normalized spacial score (nSPS) is 24.3. The van der Waals surface area contributed by atoms with E-state index in [4.69, 9.17) is 9.47 Å². The molecule has 6 saturated carbocycles. The second-order valence-corrected chi connectivity index (χ2v) is 39.6. The van der Waals surface area contributed by atoms with Crippen LogP contribution in [0.2, 0.25) is 0 Å². The highest BCUT2D eigenvalue weighted by molar-refractivity contribution is 7.97. The van der Waals surface area contributed by atoms with Gasteiger partial charge < -0.3 is 18.6 Å². The number of hydrogen-bond acceptors (Lipinski definition) is 11. The van der Waals surface area contributed by atoms with Crippen LogP contribution in [0, 0.1) is 40.4 Å². The molecule has 0 aromatic heterocycles. The van der Waals surface area contributed by atoms with E-state index in [2.05, 4.69) is 273 Å². The summed E-state index contributed by atoms with van der Waals surface area (Å²) in [5.74, 6) is -15.2. The Labute approximate surface area is 647 Å². The zero-order chi connectivity index (χ0) is 78.8. The van der Waals surface area contributed by atoms with Crippen molar-refractivity contribution in [1.29, 1.82) is 0 Å². The summed E-state index contributed by atoms with van der Waals surface area (Å²) < 4.78 is 203. The summed E-state index contributed by atoms with van der Waals surface area (Å²) in [7, 11) is -14.9. The van der Waals surface area contributed by atoms with Crippen LogP contribution in [0.1, 0.15) is 78.1 Å². The van der Waals surface area contributed by atoms with Gasteiger partial charge in [-0.15, -0.1) is 0 Å². The number of halogens is 8. The van der Waals surface area contributed by atoms with Crippen LogP contribution in [0.4, 0.5) is 35.1 Å². The molecule has 0 radical (unpaired) electrons. The second-order valence-electron chi connectivity index (χ2n) is 28.9. The van der Waals surface area contributed by atoms with Crippen molar-refractivity contribution in [2.45, 2.75) is 157 Å². The van der Waals surface area contributed by atoms with Gasteiger partial charge in [0, 0.05) is 36.6 Å². The Morgan fingerprint density at radius 3 is 1.03 bits per heavy atom. The van der Waals surface area contributed by atoms with E-state index in [1.54, 1.807) is 0 Å². The lowest BCUT2D eigenvalue weighted by Crippen LogP contribution is -2.59. The summed E-state index contributed by atoms with van der Waals surface area (Å²) in [5.41, 5.74) is -1.22. The molecule has 8 fully saturated rings. The molecule has 6 aliphatic carbocycles. The zero-order valence-corrected chi connectivity index (χ0v) is 65.2. The van der Waals surface area contributed by atoms with E-state index in [0.29, 0.717) is 24.7 Å². The van der Waals surface area contributed by atoms with Crippen molar-refractivity contribution in [1.82, 2.24) is 4.72 Å². The third kappa shape index (κ3) is 19.9. The molecule has 1 spiro atoms. The molecule has 3 atom stereocenters. The molecule has 8 aliphatic rings. The van der Waals surface area contributed by atoms with Crippen molar-refractivity contribution in [3.63, 3.8) is 0 Å². The van der Waals surface area contributed by atoms with Gasteiger partial charge in [0.05, 0.1) is 61.6 Å². The maximum absolute atomic E-state index is 14.4. The summed E-state index contributed by atoms with van der Waals surface area (Å²) in [6.45, 7) is 2.67. The van der Waals surface area contributed by atoms with Crippen LogP contribution in [-0.4, -0.2) is 99.7 Å². The van der Waals surface area contributed by atoms with Crippen LogP contribution in [-0.2, 0) is 77.2 Å². The third-order valence-electron chi connectivity index (χ3n) is 21.3. The second kappa shape index (κ2) is 35.0. The molecule has 12 nitrogen and oxygen atoms in total. The molecule has 6 bridgehead atoms. The van der Waals surface area contributed by atoms with Gasteiger partial charge in [0.15, 0.2) is 49.8 Å². The minimum Gasteiger partial charge on any atom is -0.748 e. The molecule has 110 heavy (non-hydrogen) atoms. The monoisotopic (exact) mass is 1630 g/mol. The van der Waals surface area contributed by atoms with E-state index < -0.39 is 108 Å². The summed E-state index contributed by atoms with van der Waals surface area (Å²) in [5, 5.41) is -5.00. The van der Waals surface area contributed by atoms with E-state index in [1.807, 2.05) is 13.8 Å². The summed E-state index contributed by atoms with van der Waals surface area (Å²) >= 11 is 0. The van der Waals surface area contributed by atoms with Gasteiger partial charge in [-0.3, -0.25) is 4.79 Å². The van der Waals surface area contributed by atoms with Crippen LogP contribution in [0.3, 0.4) is 0 Å². The molecule has 2 aliphatic heterocycles. The fraction of sp³-hybridized carbons (Fsp3) is 0.345.